The molecule has 2 heterocycles. The fourth-order valence-electron chi connectivity index (χ4n) is 3.87. The molecule has 1 N–H and O–H groups in total. The summed E-state index contributed by atoms with van der Waals surface area (Å²) in [6.07, 6.45) is 6.76. The number of rotatable bonds is 3. The Balaban J connectivity index is 1.48. The van der Waals surface area contributed by atoms with Gasteiger partial charge in [0.05, 0.1) is 0 Å². The minimum atomic E-state index is 0.385. The fraction of sp³-hybridized carbons (Fsp3) is 0.941. The molecule has 3 fully saturated rings. The van der Waals surface area contributed by atoms with Crippen molar-refractivity contribution in [2.45, 2.75) is 64.5 Å². The van der Waals surface area contributed by atoms with Crippen LogP contribution in [0.3, 0.4) is 0 Å². The molecule has 3 rings (SSSR count). The Morgan fingerprint density at radius 1 is 1.33 bits per heavy atom. The molecule has 120 valence electrons. The third-order valence-corrected chi connectivity index (χ3v) is 6.83. The van der Waals surface area contributed by atoms with Gasteiger partial charge in [-0.1, -0.05) is 18.7 Å². The Kier molecular flexibility index (Phi) is 4.84. The van der Waals surface area contributed by atoms with Crippen molar-refractivity contribution in [3.63, 3.8) is 0 Å². The molecule has 0 aromatic carbocycles. The number of likely N-dealkylation sites (tertiary alicyclic amines) is 1. The Hall–Kier alpha value is -0.220. The predicted octanol–water partition coefficient (Wildman–Crippen LogP) is 3.36. The Morgan fingerprint density at radius 2 is 2.10 bits per heavy atom. The minimum absolute atomic E-state index is 0.385. The van der Waals surface area contributed by atoms with E-state index < -0.39 is 0 Å². The Bertz CT molecular complexity index is 385. The molecule has 3 nitrogen and oxygen atoms in total. The molecular formula is C17H31N3S. The maximum atomic E-state index is 4.91. The zero-order valence-electron chi connectivity index (χ0n) is 13.9. The second-order valence-electron chi connectivity index (χ2n) is 7.77. The van der Waals surface area contributed by atoms with Gasteiger partial charge in [-0.25, -0.2) is 0 Å². The summed E-state index contributed by atoms with van der Waals surface area (Å²) in [6.45, 7) is 10.5. The Labute approximate surface area is 134 Å². The van der Waals surface area contributed by atoms with Gasteiger partial charge in [-0.15, -0.1) is 0 Å². The van der Waals surface area contributed by atoms with E-state index in [1.165, 1.54) is 56.1 Å². The average Bonchev–Trinajstić information content (AvgIpc) is 3.08. The molecule has 2 aliphatic heterocycles. The predicted molar refractivity (Wildman–Crippen MR) is 93.1 cm³/mol. The molecule has 3 aliphatic rings. The summed E-state index contributed by atoms with van der Waals surface area (Å²) < 4.78 is 0. The molecule has 1 saturated carbocycles. The SMILES string of the molecule is CC1CCC2(CC1)CSC(=NCC1CCN(C(C)C)C1)N2. The summed E-state index contributed by atoms with van der Waals surface area (Å²) in [7, 11) is 0. The van der Waals surface area contributed by atoms with Crippen LogP contribution in [0.15, 0.2) is 4.99 Å². The summed E-state index contributed by atoms with van der Waals surface area (Å²) in [5.41, 5.74) is 0.385. The van der Waals surface area contributed by atoms with Crippen LogP contribution in [-0.4, -0.2) is 47.0 Å². The van der Waals surface area contributed by atoms with Crippen LogP contribution >= 0.6 is 11.8 Å². The molecule has 0 aromatic rings. The lowest BCUT2D eigenvalue weighted by molar-refractivity contribution is 0.250. The number of nitrogens with zero attached hydrogens (tertiary/aromatic N) is 2. The zero-order chi connectivity index (χ0) is 14.9. The third kappa shape index (κ3) is 3.76. The molecule has 0 radical (unpaired) electrons. The summed E-state index contributed by atoms with van der Waals surface area (Å²) in [4.78, 5) is 7.50. The Morgan fingerprint density at radius 3 is 2.76 bits per heavy atom. The van der Waals surface area contributed by atoms with E-state index >= 15 is 0 Å². The van der Waals surface area contributed by atoms with E-state index in [-0.39, 0.29) is 0 Å². The molecule has 1 atom stereocenters. The van der Waals surface area contributed by atoms with E-state index in [4.69, 9.17) is 4.99 Å². The van der Waals surface area contributed by atoms with Crippen LogP contribution in [0, 0.1) is 11.8 Å². The van der Waals surface area contributed by atoms with Gasteiger partial charge in [-0.05, 0) is 64.3 Å². The highest BCUT2D eigenvalue weighted by Crippen LogP contribution is 2.38. The second kappa shape index (κ2) is 6.49. The van der Waals surface area contributed by atoms with Gasteiger partial charge < -0.3 is 10.2 Å². The highest BCUT2D eigenvalue weighted by molar-refractivity contribution is 8.14. The van der Waals surface area contributed by atoms with Gasteiger partial charge in [0.1, 0.15) is 0 Å². The second-order valence-corrected chi connectivity index (χ2v) is 8.73. The first-order valence-corrected chi connectivity index (χ1v) is 9.74. The first-order valence-electron chi connectivity index (χ1n) is 8.76. The number of nitrogens with one attached hydrogen (secondary N) is 1. The normalized spacial score (nSPS) is 39.5. The first-order chi connectivity index (χ1) is 10.1. The van der Waals surface area contributed by atoms with E-state index in [0.29, 0.717) is 11.6 Å². The lowest BCUT2D eigenvalue weighted by Crippen LogP contribution is -2.46. The van der Waals surface area contributed by atoms with Crippen molar-refractivity contribution in [3.05, 3.63) is 0 Å². The third-order valence-electron chi connectivity index (χ3n) is 5.63. The smallest absolute Gasteiger partial charge is 0.157 e. The fourth-order valence-corrected chi connectivity index (χ4v) is 5.10. The maximum absolute atomic E-state index is 4.91. The largest absolute Gasteiger partial charge is 0.359 e. The van der Waals surface area contributed by atoms with Crippen molar-refractivity contribution in [2.75, 3.05) is 25.4 Å². The molecule has 4 heteroatoms. The van der Waals surface area contributed by atoms with Crippen molar-refractivity contribution < 1.29 is 0 Å². The van der Waals surface area contributed by atoms with Crippen molar-refractivity contribution in [1.29, 1.82) is 0 Å². The van der Waals surface area contributed by atoms with E-state index in [9.17, 15) is 0 Å². The van der Waals surface area contributed by atoms with Crippen LogP contribution in [0.4, 0.5) is 0 Å². The van der Waals surface area contributed by atoms with Crippen LogP contribution in [0.5, 0.6) is 0 Å². The van der Waals surface area contributed by atoms with Crippen LogP contribution in [0.2, 0.25) is 0 Å². The number of thioether (sulfide) groups is 1. The van der Waals surface area contributed by atoms with Crippen LogP contribution < -0.4 is 5.32 Å². The number of hydrogen-bond donors (Lipinski definition) is 1. The highest BCUT2D eigenvalue weighted by Gasteiger charge is 2.39. The van der Waals surface area contributed by atoms with Gasteiger partial charge in [0, 0.05) is 30.4 Å². The summed E-state index contributed by atoms with van der Waals surface area (Å²) in [5.74, 6) is 2.93. The number of amidine groups is 1. The van der Waals surface area contributed by atoms with Gasteiger partial charge in [-0.3, -0.25) is 4.99 Å². The van der Waals surface area contributed by atoms with E-state index in [0.717, 1.165) is 18.4 Å². The van der Waals surface area contributed by atoms with Crippen LogP contribution in [0.1, 0.15) is 52.9 Å². The standard InChI is InChI=1S/C17H31N3S/c1-13(2)20-9-6-15(11-20)10-18-16-19-17(12-21-16)7-4-14(3)5-8-17/h13-15H,4-12H2,1-3H3,(H,18,19). The molecule has 0 amide bonds. The van der Waals surface area contributed by atoms with E-state index in [1.54, 1.807) is 0 Å². The van der Waals surface area contributed by atoms with E-state index in [2.05, 4.69) is 31.0 Å². The topological polar surface area (TPSA) is 27.6 Å². The zero-order valence-corrected chi connectivity index (χ0v) is 14.7. The monoisotopic (exact) mass is 309 g/mol. The summed E-state index contributed by atoms with van der Waals surface area (Å²) in [5, 5.41) is 5.01. The quantitative estimate of drug-likeness (QED) is 0.866. The molecule has 0 bridgehead atoms. The molecule has 1 aliphatic carbocycles. The van der Waals surface area contributed by atoms with Gasteiger partial charge in [-0.2, -0.15) is 0 Å². The average molecular weight is 310 g/mol. The molecule has 1 unspecified atom stereocenters. The minimum Gasteiger partial charge on any atom is -0.359 e. The van der Waals surface area contributed by atoms with Crippen molar-refractivity contribution in [3.8, 4) is 0 Å². The van der Waals surface area contributed by atoms with Gasteiger partial charge >= 0.3 is 0 Å². The van der Waals surface area contributed by atoms with Crippen LogP contribution in [0.25, 0.3) is 0 Å². The highest BCUT2D eigenvalue weighted by atomic mass is 32.2. The summed E-state index contributed by atoms with van der Waals surface area (Å²) in [6, 6.07) is 0.689. The lowest BCUT2D eigenvalue weighted by Gasteiger charge is -2.35. The van der Waals surface area contributed by atoms with Crippen molar-refractivity contribution in [1.82, 2.24) is 10.2 Å². The van der Waals surface area contributed by atoms with Gasteiger partial charge in [0.25, 0.3) is 0 Å². The summed E-state index contributed by atoms with van der Waals surface area (Å²) >= 11 is 1.96. The molecule has 0 aromatic heterocycles. The molecule has 1 spiro atoms. The molecule has 2 saturated heterocycles. The number of aliphatic imine (C=N–C) groups is 1. The molecule has 21 heavy (non-hydrogen) atoms. The number of hydrogen-bond acceptors (Lipinski definition) is 3. The maximum Gasteiger partial charge on any atom is 0.157 e. The van der Waals surface area contributed by atoms with Gasteiger partial charge in [0.2, 0.25) is 0 Å². The van der Waals surface area contributed by atoms with Crippen molar-refractivity contribution in [2.24, 2.45) is 16.8 Å². The first kappa shape index (κ1) is 15.7. The lowest BCUT2D eigenvalue weighted by atomic mass is 9.78. The van der Waals surface area contributed by atoms with Crippen LogP contribution in [-0.2, 0) is 0 Å². The van der Waals surface area contributed by atoms with Crippen molar-refractivity contribution >= 4 is 16.9 Å². The molecular weight excluding hydrogens is 278 g/mol. The van der Waals surface area contributed by atoms with Gasteiger partial charge in [0.15, 0.2) is 5.17 Å². The van der Waals surface area contributed by atoms with E-state index in [1.807, 2.05) is 11.8 Å².